The Morgan fingerprint density at radius 2 is 0.975 bits per heavy atom. The highest BCUT2D eigenvalue weighted by atomic mass is 35.5. The summed E-state index contributed by atoms with van der Waals surface area (Å²) >= 11 is 13.8. The second-order valence-electron chi connectivity index (χ2n) is 16.8. The largest absolute Gasteiger partial charge is 0.450 e. The van der Waals surface area contributed by atoms with Crippen molar-refractivity contribution in [1.29, 1.82) is 0 Å². The molecule has 1 fully saturated rings. The number of anilines is 10. The van der Waals surface area contributed by atoms with E-state index in [1.54, 1.807) is 4.90 Å². The number of nitrogens with zero attached hydrogens (tertiary/aromatic N) is 9. The Balaban J connectivity index is 1.00. The predicted molar refractivity (Wildman–Crippen MR) is 284 cm³/mol. The van der Waals surface area contributed by atoms with Crippen LogP contribution in [-0.4, -0.2) is 133 Å². The molecule has 0 aliphatic carbocycles. The van der Waals surface area contributed by atoms with E-state index in [4.69, 9.17) is 37.4 Å². The van der Waals surface area contributed by atoms with Crippen LogP contribution in [0, 0.1) is 0 Å². The summed E-state index contributed by atoms with van der Waals surface area (Å²) in [5, 5.41) is 12.0. The first kappa shape index (κ1) is 56.5. The van der Waals surface area contributed by atoms with Gasteiger partial charge in [-0.05, 0) is 66.7 Å². The first-order chi connectivity index (χ1) is 38.1. The van der Waals surface area contributed by atoms with Gasteiger partial charge in [0.05, 0.1) is 40.1 Å². The molecule has 39 heteroatoms. The minimum atomic E-state index is -5.36. The molecule has 0 spiro atoms. The molecular formula is C42H34Cl2N14O18S5. The van der Waals surface area contributed by atoms with Crippen molar-refractivity contribution in [1.82, 2.24) is 29.9 Å². The summed E-state index contributed by atoms with van der Waals surface area (Å²) in [7, 11) is -24.3. The number of benzene rings is 5. The van der Waals surface area contributed by atoms with Gasteiger partial charge in [0.1, 0.15) is 32.1 Å². The van der Waals surface area contributed by atoms with Gasteiger partial charge in [-0.15, -0.1) is 0 Å². The fraction of sp³-hybridized carbons (Fsp3) is 0.143. The number of halogens is 2. The lowest BCUT2D eigenvalue weighted by atomic mass is 10.2. The summed E-state index contributed by atoms with van der Waals surface area (Å²) in [6.07, 6.45) is 0. The number of hydrogen-bond acceptors (Lipinski definition) is 27. The van der Waals surface area contributed by atoms with Gasteiger partial charge in [0.25, 0.3) is 50.6 Å². The van der Waals surface area contributed by atoms with E-state index in [9.17, 15) is 64.9 Å². The van der Waals surface area contributed by atoms with E-state index >= 15 is 0 Å². The van der Waals surface area contributed by atoms with Crippen molar-refractivity contribution in [3.63, 3.8) is 0 Å². The van der Waals surface area contributed by atoms with Gasteiger partial charge in [-0.2, -0.15) is 72.0 Å². The van der Waals surface area contributed by atoms with Crippen LogP contribution in [0.15, 0.2) is 102 Å². The standard InChI is InChI=1S/C42H34Cl2N14O18S5/c43-27-30-34(76-32-24(49-30)9-11-26(36(32)81(71,72)73)51-41-55-39(56-42(57-41)58-13-15-74-16-14-58)46-19-4-6-21(7-5-19)78(62,63)64)28(44)29-33(27)75-31-23(48-29)8-10-25(35(31)80(68,69)70)50-40-53-37(45-12-17-77(59,60)61)52-38(54-40)47-20-2-1-3-22(18-20)79(65,66)67/h1-11,18H,12-17H2,(H,59,60,61)(H,62,63,64)(H,65,66,67)(H,68,69,70)(H,71,72,73)(H2,46,51,55,56,57)(H3,45,47,50,52,53,54). The van der Waals surface area contributed by atoms with Gasteiger partial charge in [-0.25, -0.2) is 9.98 Å². The lowest BCUT2D eigenvalue weighted by molar-refractivity contribution is 0.122. The quantitative estimate of drug-likeness (QED) is 0.0558. The van der Waals surface area contributed by atoms with Gasteiger partial charge in [0.2, 0.25) is 35.7 Å². The Morgan fingerprint density at radius 1 is 0.506 bits per heavy atom. The average molecular weight is 1250 g/mol. The summed E-state index contributed by atoms with van der Waals surface area (Å²) in [5.74, 6) is -4.52. The van der Waals surface area contributed by atoms with Crippen LogP contribution in [0.5, 0.6) is 23.0 Å². The summed E-state index contributed by atoms with van der Waals surface area (Å²) in [4.78, 5) is 33.5. The third-order valence-corrected chi connectivity index (χ3v) is 16.3. The molecule has 5 heterocycles. The highest BCUT2D eigenvalue weighted by Crippen LogP contribution is 2.49. The van der Waals surface area contributed by atoms with Gasteiger partial charge >= 0.3 is 0 Å². The molecule has 0 amide bonds. The Kier molecular flexibility index (Phi) is 14.8. The molecule has 424 valence electrons. The smallest absolute Gasteiger partial charge is 0.300 e. The number of hydrogen-bond donors (Lipinski definition) is 10. The van der Waals surface area contributed by atoms with Crippen LogP contribution in [0.25, 0.3) is 0 Å². The molecule has 7 aromatic rings. The first-order valence-corrected chi connectivity index (χ1v) is 30.6. The van der Waals surface area contributed by atoms with Crippen LogP contribution in [0.1, 0.15) is 0 Å². The Morgan fingerprint density at radius 3 is 1.47 bits per heavy atom. The zero-order valence-corrected chi connectivity index (χ0v) is 45.6. The summed E-state index contributed by atoms with van der Waals surface area (Å²) in [6, 6.07) is 14.3. The van der Waals surface area contributed by atoms with Crippen LogP contribution in [0.3, 0.4) is 0 Å². The zero-order valence-electron chi connectivity index (χ0n) is 40.0. The van der Waals surface area contributed by atoms with Gasteiger partial charge in [-0.3, -0.25) is 22.8 Å². The third kappa shape index (κ3) is 12.4. The molecule has 1 saturated heterocycles. The molecule has 0 unspecified atom stereocenters. The summed E-state index contributed by atoms with van der Waals surface area (Å²) in [5.41, 5.74) is -1.14. The number of aromatic nitrogens is 6. The number of ether oxygens (including phenoxy) is 3. The molecule has 0 bridgehead atoms. The molecule has 0 atom stereocenters. The summed E-state index contributed by atoms with van der Waals surface area (Å²) in [6.45, 7) is 0.821. The lowest BCUT2D eigenvalue weighted by Crippen LogP contribution is -2.37. The summed E-state index contributed by atoms with van der Waals surface area (Å²) < 4.78 is 190. The number of rotatable bonds is 17. The molecule has 10 rings (SSSR count). The normalized spacial score (nSPS) is 14.1. The zero-order chi connectivity index (χ0) is 58.0. The Hall–Kier alpha value is -7.79. The number of nitrogens with one attached hydrogen (secondary N) is 5. The number of fused-ring (bicyclic) bond motifs is 4. The van der Waals surface area contributed by atoms with E-state index in [0.717, 1.165) is 30.3 Å². The molecule has 0 radical (unpaired) electrons. The van der Waals surface area contributed by atoms with Crippen molar-refractivity contribution in [3.8, 4) is 23.0 Å². The molecule has 81 heavy (non-hydrogen) atoms. The number of morpholine rings is 1. The highest BCUT2D eigenvalue weighted by molar-refractivity contribution is 7.87. The van der Waals surface area contributed by atoms with Crippen molar-refractivity contribution >= 4 is 144 Å². The SMILES string of the molecule is O=S(=O)(O)CCNc1nc(Nc2cccc(S(=O)(=O)O)c2)nc(Nc2ccc3c(c2S(=O)(=O)O)Oc2c(Cl)c4c(c(Cl)c2=N3)Oc2c(ccc(Nc3nc(Nc5ccc(S(=O)(=O)O)cc5)nc(N5CCOCC5)n3)c2S(=O)(=O)O)N=4)n1. The fourth-order valence-electron chi connectivity index (χ4n) is 7.82. The van der Waals surface area contributed by atoms with E-state index in [0.29, 0.717) is 26.3 Å². The van der Waals surface area contributed by atoms with Crippen LogP contribution in [0.2, 0.25) is 10.0 Å². The van der Waals surface area contributed by atoms with Crippen LogP contribution >= 0.6 is 23.2 Å². The van der Waals surface area contributed by atoms with Gasteiger partial charge in [-0.1, -0.05) is 29.3 Å². The Labute approximate surface area is 466 Å². The molecule has 10 N–H and O–H groups in total. The van der Waals surface area contributed by atoms with Crippen molar-refractivity contribution in [2.75, 3.05) is 70.1 Å². The van der Waals surface area contributed by atoms with Gasteiger partial charge in [0.15, 0.2) is 32.8 Å². The van der Waals surface area contributed by atoms with E-state index in [-0.39, 0.29) is 73.8 Å². The van der Waals surface area contributed by atoms with Crippen molar-refractivity contribution in [3.05, 3.63) is 93.6 Å². The molecular weight excluding hydrogens is 1220 g/mol. The maximum Gasteiger partial charge on any atom is 0.300 e. The molecule has 5 aromatic carbocycles. The Bertz CT molecular complexity index is 4510. The lowest BCUT2D eigenvalue weighted by Gasteiger charge is -2.27. The van der Waals surface area contributed by atoms with Crippen molar-refractivity contribution < 1.29 is 79.1 Å². The van der Waals surface area contributed by atoms with E-state index in [1.165, 1.54) is 42.5 Å². The third-order valence-electron chi connectivity index (χ3n) is 11.3. The molecule has 2 aromatic heterocycles. The van der Waals surface area contributed by atoms with Crippen molar-refractivity contribution in [2.24, 2.45) is 9.98 Å². The van der Waals surface area contributed by atoms with E-state index < -0.39 is 122 Å². The molecule has 3 aliphatic rings. The maximum atomic E-state index is 13.4. The molecule has 3 aliphatic heterocycles. The van der Waals surface area contributed by atoms with Gasteiger partial charge < -0.3 is 45.7 Å². The van der Waals surface area contributed by atoms with Crippen molar-refractivity contribution in [2.45, 2.75) is 19.6 Å². The molecule has 0 saturated carbocycles. The second-order valence-corrected chi connectivity index (χ2v) is 24.7. The molecule has 32 nitrogen and oxygen atoms in total. The van der Waals surface area contributed by atoms with E-state index in [1.807, 2.05) is 0 Å². The minimum absolute atomic E-state index is 0.000673. The minimum Gasteiger partial charge on any atom is -0.450 e. The second kappa shape index (κ2) is 21.3. The highest BCUT2D eigenvalue weighted by Gasteiger charge is 2.35. The topological polar surface area (TPSA) is 465 Å². The maximum absolute atomic E-state index is 13.4. The fourth-order valence-corrected chi connectivity index (χ4v) is 11.3. The van der Waals surface area contributed by atoms with Gasteiger partial charge in [0, 0.05) is 31.0 Å². The monoisotopic (exact) mass is 1250 g/mol. The van der Waals surface area contributed by atoms with E-state index in [2.05, 4.69) is 66.5 Å². The van der Waals surface area contributed by atoms with Crippen LogP contribution in [0.4, 0.5) is 69.8 Å². The predicted octanol–water partition coefficient (Wildman–Crippen LogP) is 4.57. The average Bonchev–Trinajstić information content (AvgIpc) is 2.53. The van der Waals surface area contributed by atoms with Crippen LogP contribution < -0.4 is 51.7 Å². The van der Waals surface area contributed by atoms with Crippen LogP contribution in [-0.2, 0) is 55.3 Å². The first-order valence-electron chi connectivity index (χ1n) is 22.5.